The van der Waals surface area contributed by atoms with Crippen molar-refractivity contribution in [2.24, 2.45) is 0 Å². The quantitative estimate of drug-likeness (QED) is 0.646. The zero-order valence-electron chi connectivity index (χ0n) is 14.5. The smallest absolute Gasteiger partial charge is 0.269 e. The molecule has 0 aliphatic heterocycles. The summed E-state index contributed by atoms with van der Waals surface area (Å²) in [5, 5.41) is 10.4. The zero-order valence-corrected chi connectivity index (χ0v) is 15.2. The maximum atomic E-state index is 12.3. The number of amides is 1. The molecule has 0 bridgehead atoms. The van der Waals surface area contributed by atoms with Crippen molar-refractivity contribution >= 4 is 17.5 Å². The molecule has 0 atom stereocenters. The van der Waals surface area contributed by atoms with Gasteiger partial charge in [0.25, 0.3) is 5.91 Å². The molecule has 5 nitrogen and oxygen atoms in total. The molecule has 3 rings (SSSR count). The lowest BCUT2D eigenvalue weighted by molar-refractivity contribution is 0.0946. The van der Waals surface area contributed by atoms with Crippen LogP contribution in [0.1, 0.15) is 29.4 Å². The number of nitrogens with one attached hydrogen (secondary N) is 2. The van der Waals surface area contributed by atoms with Gasteiger partial charge >= 0.3 is 0 Å². The van der Waals surface area contributed by atoms with Crippen LogP contribution in [0.4, 0.5) is 0 Å². The Morgan fingerprint density at radius 1 is 1.19 bits per heavy atom. The number of carbonyl (C=O) groups is 1. The number of aromatic nitrogens is 2. The molecule has 0 aliphatic carbocycles. The Morgan fingerprint density at radius 2 is 1.96 bits per heavy atom. The third-order valence-corrected chi connectivity index (χ3v) is 4.15. The Labute approximate surface area is 157 Å². The lowest BCUT2D eigenvalue weighted by Gasteiger charge is -2.07. The number of H-pyrrole nitrogens is 1. The molecule has 0 saturated heterocycles. The number of hydrogen-bond donors (Lipinski definition) is 2. The summed E-state index contributed by atoms with van der Waals surface area (Å²) in [6.07, 6.45) is 0.970. The van der Waals surface area contributed by atoms with E-state index in [4.69, 9.17) is 16.3 Å². The second-order valence-electron chi connectivity index (χ2n) is 5.82. The second-order valence-corrected chi connectivity index (χ2v) is 6.23. The summed E-state index contributed by atoms with van der Waals surface area (Å²) < 4.78 is 5.55. The molecule has 0 aliphatic rings. The Balaban J connectivity index is 1.60. The van der Waals surface area contributed by atoms with E-state index in [1.54, 1.807) is 12.1 Å². The van der Waals surface area contributed by atoms with Crippen molar-refractivity contribution in [2.75, 3.05) is 6.61 Å². The highest BCUT2D eigenvalue weighted by atomic mass is 35.5. The van der Waals surface area contributed by atoms with E-state index >= 15 is 0 Å². The summed E-state index contributed by atoms with van der Waals surface area (Å²) >= 11 is 6.17. The van der Waals surface area contributed by atoms with Gasteiger partial charge in [0.2, 0.25) is 0 Å². The molecule has 26 heavy (non-hydrogen) atoms. The van der Waals surface area contributed by atoms with E-state index < -0.39 is 0 Å². The molecule has 0 fully saturated rings. The Hall–Kier alpha value is -2.79. The van der Waals surface area contributed by atoms with Crippen molar-refractivity contribution in [2.45, 2.75) is 19.9 Å². The third-order valence-electron chi connectivity index (χ3n) is 3.82. The molecule has 1 aromatic heterocycles. The molecule has 0 saturated carbocycles. The predicted molar refractivity (Wildman–Crippen MR) is 102 cm³/mol. The van der Waals surface area contributed by atoms with E-state index in [0.29, 0.717) is 29.6 Å². The Bertz CT molecular complexity index is 875. The van der Waals surface area contributed by atoms with E-state index in [1.165, 1.54) is 0 Å². The molecular formula is C20H20ClN3O2. The Kier molecular flexibility index (Phi) is 5.92. The monoisotopic (exact) mass is 369 g/mol. The molecule has 0 radical (unpaired) electrons. The number of benzene rings is 2. The average molecular weight is 370 g/mol. The summed E-state index contributed by atoms with van der Waals surface area (Å²) in [5.74, 6) is 0.613. The van der Waals surface area contributed by atoms with Crippen LogP contribution in [0.15, 0.2) is 54.6 Å². The fraction of sp³-hybridized carbons (Fsp3) is 0.200. The number of aromatic amines is 1. The summed E-state index contributed by atoms with van der Waals surface area (Å²) in [7, 11) is 0. The highest BCUT2D eigenvalue weighted by Gasteiger charge is 2.12. The number of halogens is 1. The SMILES string of the molecule is CCCOc1ccc(CNC(=O)c2cc(-c3ccccc3Cl)n[nH]2)cc1. The van der Waals surface area contributed by atoms with Crippen LogP contribution in [0, 0.1) is 0 Å². The maximum Gasteiger partial charge on any atom is 0.269 e. The van der Waals surface area contributed by atoms with Gasteiger partial charge in [-0.25, -0.2) is 0 Å². The largest absolute Gasteiger partial charge is 0.494 e. The van der Waals surface area contributed by atoms with Crippen molar-refractivity contribution in [3.8, 4) is 17.0 Å². The van der Waals surface area contributed by atoms with Crippen LogP contribution in [0.3, 0.4) is 0 Å². The fourth-order valence-electron chi connectivity index (χ4n) is 2.45. The van der Waals surface area contributed by atoms with Gasteiger partial charge in [0, 0.05) is 12.1 Å². The van der Waals surface area contributed by atoms with Gasteiger partial charge in [0.1, 0.15) is 11.4 Å². The fourth-order valence-corrected chi connectivity index (χ4v) is 2.68. The summed E-state index contributed by atoms with van der Waals surface area (Å²) in [4.78, 5) is 12.3. The average Bonchev–Trinajstić information content (AvgIpc) is 3.15. The van der Waals surface area contributed by atoms with Gasteiger partial charge in [-0.2, -0.15) is 5.10 Å². The second kappa shape index (κ2) is 8.54. The first-order valence-corrected chi connectivity index (χ1v) is 8.85. The number of hydrogen-bond acceptors (Lipinski definition) is 3. The molecule has 0 spiro atoms. The van der Waals surface area contributed by atoms with Gasteiger partial charge < -0.3 is 10.1 Å². The number of ether oxygens (including phenoxy) is 1. The molecule has 0 unspecified atom stereocenters. The standard InChI is InChI=1S/C20H20ClN3O2/c1-2-11-26-15-9-7-14(8-10-15)13-22-20(25)19-12-18(23-24-19)16-5-3-4-6-17(16)21/h3-10,12H,2,11,13H2,1H3,(H,22,25)(H,23,24). The van der Waals surface area contributed by atoms with Crippen LogP contribution in [0.25, 0.3) is 11.3 Å². The molecule has 2 N–H and O–H groups in total. The van der Waals surface area contributed by atoms with Gasteiger partial charge in [-0.3, -0.25) is 9.89 Å². The lowest BCUT2D eigenvalue weighted by Crippen LogP contribution is -2.23. The number of carbonyl (C=O) groups excluding carboxylic acids is 1. The van der Waals surface area contributed by atoms with E-state index in [0.717, 1.165) is 23.3 Å². The van der Waals surface area contributed by atoms with Crippen LogP contribution in [0.5, 0.6) is 5.75 Å². The highest BCUT2D eigenvalue weighted by Crippen LogP contribution is 2.26. The summed E-state index contributed by atoms with van der Waals surface area (Å²) in [5.41, 5.74) is 2.81. The minimum Gasteiger partial charge on any atom is -0.494 e. The molecule has 134 valence electrons. The topological polar surface area (TPSA) is 67.0 Å². The summed E-state index contributed by atoms with van der Waals surface area (Å²) in [6.45, 7) is 3.19. The first-order valence-electron chi connectivity index (χ1n) is 8.47. The predicted octanol–water partition coefficient (Wildman–Crippen LogP) is 4.45. The van der Waals surface area contributed by atoms with Crippen molar-refractivity contribution in [1.29, 1.82) is 0 Å². The van der Waals surface area contributed by atoms with E-state index in [9.17, 15) is 4.79 Å². The van der Waals surface area contributed by atoms with Crippen LogP contribution < -0.4 is 10.1 Å². The maximum absolute atomic E-state index is 12.3. The van der Waals surface area contributed by atoms with Crippen LogP contribution >= 0.6 is 11.6 Å². The third kappa shape index (κ3) is 4.43. The van der Waals surface area contributed by atoms with Gasteiger partial charge in [-0.15, -0.1) is 0 Å². The lowest BCUT2D eigenvalue weighted by atomic mass is 10.1. The minimum absolute atomic E-state index is 0.220. The number of rotatable bonds is 7. The molecule has 1 heterocycles. The molecular weight excluding hydrogens is 350 g/mol. The van der Waals surface area contributed by atoms with Crippen LogP contribution in [-0.4, -0.2) is 22.7 Å². The first kappa shape index (κ1) is 18.0. The normalized spacial score (nSPS) is 10.5. The first-order chi connectivity index (χ1) is 12.7. The van der Waals surface area contributed by atoms with E-state index in [-0.39, 0.29) is 5.91 Å². The minimum atomic E-state index is -0.220. The van der Waals surface area contributed by atoms with E-state index in [2.05, 4.69) is 22.4 Å². The Morgan fingerprint density at radius 3 is 2.69 bits per heavy atom. The molecule has 6 heteroatoms. The molecule has 3 aromatic rings. The van der Waals surface area contributed by atoms with Crippen molar-refractivity contribution < 1.29 is 9.53 Å². The van der Waals surface area contributed by atoms with Crippen molar-refractivity contribution in [3.05, 3.63) is 70.9 Å². The highest BCUT2D eigenvalue weighted by molar-refractivity contribution is 6.33. The molecule has 2 aromatic carbocycles. The summed E-state index contributed by atoms with van der Waals surface area (Å²) in [6, 6.07) is 16.8. The van der Waals surface area contributed by atoms with E-state index in [1.807, 2.05) is 42.5 Å². The van der Waals surface area contributed by atoms with Crippen LogP contribution in [-0.2, 0) is 6.54 Å². The molecule has 1 amide bonds. The van der Waals surface area contributed by atoms with Crippen LogP contribution in [0.2, 0.25) is 5.02 Å². The van der Waals surface area contributed by atoms with Crippen molar-refractivity contribution in [1.82, 2.24) is 15.5 Å². The zero-order chi connectivity index (χ0) is 18.4. The van der Waals surface area contributed by atoms with Gasteiger partial charge in [0.05, 0.1) is 17.3 Å². The van der Waals surface area contributed by atoms with Gasteiger partial charge in [-0.05, 0) is 36.2 Å². The number of nitrogens with zero attached hydrogens (tertiary/aromatic N) is 1. The van der Waals surface area contributed by atoms with Crippen molar-refractivity contribution in [3.63, 3.8) is 0 Å². The van der Waals surface area contributed by atoms with Gasteiger partial charge in [0.15, 0.2) is 0 Å². The van der Waals surface area contributed by atoms with Gasteiger partial charge in [-0.1, -0.05) is 48.9 Å².